The number of urea groups is 1. The molecule has 1 aromatic heterocycles. The summed E-state index contributed by atoms with van der Waals surface area (Å²) in [7, 11) is 0. The minimum absolute atomic E-state index is 0.231. The van der Waals surface area contributed by atoms with E-state index in [-0.39, 0.29) is 18.0 Å². The number of carbonyl (C=O) groups excluding carboxylic acids is 2. The SMILES string of the molecule is CCOC(=O)c1c(-c2ccccc2)c[nH]c1NC(=O)Nc1ccc(Cl)cc1. The van der Waals surface area contributed by atoms with Gasteiger partial charge in [0.1, 0.15) is 11.4 Å². The summed E-state index contributed by atoms with van der Waals surface area (Å²) in [5.41, 5.74) is 2.33. The fourth-order valence-corrected chi connectivity index (χ4v) is 2.72. The maximum Gasteiger partial charge on any atom is 0.342 e. The Bertz CT molecular complexity index is 937. The van der Waals surface area contributed by atoms with Crippen LogP contribution in [-0.2, 0) is 4.74 Å². The maximum absolute atomic E-state index is 12.5. The summed E-state index contributed by atoms with van der Waals surface area (Å²) in [5, 5.41) is 5.92. The summed E-state index contributed by atoms with van der Waals surface area (Å²) in [6.07, 6.45) is 1.67. The van der Waals surface area contributed by atoms with Gasteiger partial charge in [0.25, 0.3) is 0 Å². The molecule has 1 heterocycles. The Morgan fingerprint density at radius 3 is 2.41 bits per heavy atom. The summed E-state index contributed by atoms with van der Waals surface area (Å²) in [4.78, 5) is 27.7. The molecule has 0 aliphatic rings. The average Bonchev–Trinajstić information content (AvgIpc) is 3.08. The number of anilines is 2. The summed E-state index contributed by atoms with van der Waals surface area (Å²) in [6.45, 7) is 1.96. The van der Waals surface area contributed by atoms with E-state index >= 15 is 0 Å². The van der Waals surface area contributed by atoms with Crippen molar-refractivity contribution in [1.29, 1.82) is 0 Å². The molecule has 3 aromatic rings. The van der Waals surface area contributed by atoms with Crippen molar-refractivity contribution in [1.82, 2.24) is 4.98 Å². The molecule has 2 aromatic carbocycles. The lowest BCUT2D eigenvalue weighted by Crippen LogP contribution is -2.21. The van der Waals surface area contributed by atoms with E-state index in [1.165, 1.54) is 0 Å². The van der Waals surface area contributed by atoms with E-state index in [1.807, 2.05) is 30.3 Å². The van der Waals surface area contributed by atoms with E-state index in [0.29, 0.717) is 16.3 Å². The van der Waals surface area contributed by atoms with E-state index in [0.717, 1.165) is 5.56 Å². The van der Waals surface area contributed by atoms with Gasteiger partial charge in [-0.3, -0.25) is 5.32 Å². The number of nitrogens with one attached hydrogen (secondary N) is 3. The molecular weight excluding hydrogens is 366 g/mol. The van der Waals surface area contributed by atoms with Crippen LogP contribution in [0.15, 0.2) is 60.8 Å². The number of ether oxygens (including phenoxy) is 1. The molecule has 0 unspecified atom stereocenters. The van der Waals surface area contributed by atoms with Crippen LogP contribution >= 0.6 is 11.6 Å². The van der Waals surface area contributed by atoms with Crippen LogP contribution in [0.3, 0.4) is 0 Å². The summed E-state index contributed by atoms with van der Waals surface area (Å²) in [5.74, 6) is -0.252. The highest BCUT2D eigenvalue weighted by molar-refractivity contribution is 6.30. The Morgan fingerprint density at radius 2 is 1.74 bits per heavy atom. The van der Waals surface area contributed by atoms with Gasteiger partial charge in [-0.1, -0.05) is 41.9 Å². The van der Waals surface area contributed by atoms with Crippen LogP contribution in [0.25, 0.3) is 11.1 Å². The van der Waals surface area contributed by atoms with Crippen LogP contribution in [0.2, 0.25) is 5.02 Å². The Morgan fingerprint density at radius 1 is 1.04 bits per heavy atom. The van der Waals surface area contributed by atoms with Crippen LogP contribution in [0.1, 0.15) is 17.3 Å². The molecule has 0 aliphatic heterocycles. The molecule has 0 radical (unpaired) electrons. The topological polar surface area (TPSA) is 83.2 Å². The third-order valence-electron chi connectivity index (χ3n) is 3.79. The predicted octanol–water partition coefficient (Wildman–Crippen LogP) is 5.16. The van der Waals surface area contributed by atoms with E-state index in [9.17, 15) is 9.59 Å². The quantitative estimate of drug-likeness (QED) is 0.532. The second kappa shape index (κ2) is 8.42. The lowest BCUT2D eigenvalue weighted by Gasteiger charge is -2.10. The molecule has 138 valence electrons. The van der Waals surface area contributed by atoms with E-state index < -0.39 is 12.0 Å². The molecule has 6 nitrogen and oxygen atoms in total. The van der Waals surface area contributed by atoms with Crippen molar-refractivity contribution < 1.29 is 14.3 Å². The number of hydrogen-bond acceptors (Lipinski definition) is 3. The molecule has 0 fully saturated rings. The van der Waals surface area contributed by atoms with Crippen LogP contribution < -0.4 is 10.6 Å². The molecule has 0 aliphatic carbocycles. The first-order valence-electron chi connectivity index (χ1n) is 8.36. The van der Waals surface area contributed by atoms with Crippen LogP contribution in [0.4, 0.5) is 16.3 Å². The monoisotopic (exact) mass is 383 g/mol. The molecule has 0 spiro atoms. The summed E-state index contributed by atoms with van der Waals surface area (Å²) >= 11 is 5.84. The second-order valence-corrected chi connectivity index (χ2v) is 6.06. The molecule has 3 N–H and O–H groups in total. The van der Waals surface area contributed by atoms with Crippen molar-refractivity contribution in [2.75, 3.05) is 17.2 Å². The van der Waals surface area contributed by atoms with Crippen LogP contribution in [0.5, 0.6) is 0 Å². The van der Waals surface area contributed by atoms with Gasteiger partial charge in [-0.25, -0.2) is 9.59 Å². The molecule has 7 heteroatoms. The first-order chi connectivity index (χ1) is 13.1. The first kappa shape index (κ1) is 18.5. The van der Waals surface area contributed by atoms with Gasteiger partial charge in [-0.15, -0.1) is 0 Å². The molecule has 3 rings (SSSR count). The number of amides is 2. The van der Waals surface area contributed by atoms with Gasteiger partial charge in [-0.2, -0.15) is 0 Å². The van der Waals surface area contributed by atoms with E-state index in [4.69, 9.17) is 16.3 Å². The Labute approximate surface area is 161 Å². The maximum atomic E-state index is 12.5. The minimum Gasteiger partial charge on any atom is -0.462 e. The fraction of sp³-hybridized carbons (Fsp3) is 0.100. The highest BCUT2D eigenvalue weighted by Crippen LogP contribution is 2.30. The van der Waals surface area contributed by atoms with Crippen LogP contribution in [-0.4, -0.2) is 23.6 Å². The van der Waals surface area contributed by atoms with Gasteiger partial charge >= 0.3 is 12.0 Å². The number of rotatable bonds is 5. The van der Waals surface area contributed by atoms with Gasteiger partial charge in [0.2, 0.25) is 0 Å². The normalized spacial score (nSPS) is 10.3. The van der Waals surface area contributed by atoms with Gasteiger partial charge < -0.3 is 15.0 Å². The van der Waals surface area contributed by atoms with Crippen molar-refractivity contribution in [3.05, 3.63) is 71.4 Å². The Hall–Kier alpha value is -3.25. The van der Waals surface area contributed by atoms with Crippen LogP contribution in [0, 0.1) is 0 Å². The number of aromatic nitrogens is 1. The van der Waals surface area contributed by atoms with Crippen molar-refractivity contribution in [2.45, 2.75) is 6.92 Å². The van der Waals surface area contributed by atoms with E-state index in [1.54, 1.807) is 37.4 Å². The number of aromatic amines is 1. The van der Waals surface area contributed by atoms with Crippen molar-refractivity contribution in [2.24, 2.45) is 0 Å². The third kappa shape index (κ3) is 4.48. The zero-order chi connectivity index (χ0) is 19.2. The lowest BCUT2D eigenvalue weighted by atomic mass is 10.0. The molecule has 27 heavy (non-hydrogen) atoms. The van der Waals surface area contributed by atoms with E-state index in [2.05, 4.69) is 15.6 Å². The second-order valence-electron chi connectivity index (χ2n) is 5.62. The Balaban J connectivity index is 1.86. The van der Waals surface area contributed by atoms with Gasteiger partial charge in [-0.05, 0) is 36.8 Å². The molecule has 0 bridgehead atoms. The highest BCUT2D eigenvalue weighted by Gasteiger charge is 2.22. The number of carbonyl (C=O) groups is 2. The molecule has 0 atom stereocenters. The zero-order valence-electron chi connectivity index (χ0n) is 14.6. The molecule has 0 saturated heterocycles. The van der Waals surface area contributed by atoms with Crippen molar-refractivity contribution in [3.63, 3.8) is 0 Å². The minimum atomic E-state index is -0.514. The zero-order valence-corrected chi connectivity index (χ0v) is 15.3. The number of H-pyrrole nitrogens is 1. The number of benzene rings is 2. The summed E-state index contributed by atoms with van der Waals surface area (Å²) in [6, 6.07) is 15.6. The third-order valence-corrected chi connectivity index (χ3v) is 4.04. The summed E-state index contributed by atoms with van der Waals surface area (Å²) < 4.78 is 5.16. The Kier molecular flexibility index (Phi) is 5.78. The lowest BCUT2D eigenvalue weighted by molar-refractivity contribution is 0.0528. The van der Waals surface area contributed by atoms with Gasteiger partial charge in [0, 0.05) is 22.5 Å². The first-order valence-corrected chi connectivity index (χ1v) is 8.73. The van der Waals surface area contributed by atoms with Gasteiger partial charge in [0.05, 0.1) is 6.61 Å². The number of halogens is 1. The fourth-order valence-electron chi connectivity index (χ4n) is 2.59. The smallest absolute Gasteiger partial charge is 0.342 e. The standard InChI is InChI=1S/C20H18ClN3O3/c1-2-27-19(25)17-16(13-6-4-3-5-7-13)12-22-18(17)24-20(26)23-15-10-8-14(21)9-11-15/h3-12,22H,2H2,1H3,(H2,23,24,26). The van der Waals surface area contributed by atoms with Crippen molar-refractivity contribution in [3.8, 4) is 11.1 Å². The number of esters is 1. The molecular formula is C20H18ClN3O3. The largest absolute Gasteiger partial charge is 0.462 e. The predicted molar refractivity (Wildman–Crippen MR) is 106 cm³/mol. The number of hydrogen-bond donors (Lipinski definition) is 3. The van der Waals surface area contributed by atoms with Crippen molar-refractivity contribution >= 4 is 35.1 Å². The molecule has 2 amide bonds. The van der Waals surface area contributed by atoms with Gasteiger partial charge in [0.15, 0.2) is 0 Å². The highest BCUT2D eigenvalue weighted by atomic mass is 35.5. The molecule has 0 saturated carbocycles. The average molecular weight is 384 g/mol.